The van der Waals surface area contributed by atoms with Gasteiger partial charge in [0.15, 0.2) is 0 Å². The highest BCUT2D eigenvalue weighted by Gasteiger charge is 2.27. The monoisotopic (exact) mass is 604 g/mol. The number of carbonyl (C=O) groups excluding carboxylic acids is 2. The fourth-order valence-corrected chi connectivity index (χ4v) is 4.51. The maximum Gasteiger partial charge on any atom is 0.387 e. The number of benzene rings is 2. The average Bonchev–Trinajstić information content (AvgIpc) is 2.80. The van der Waals surface area contributed by atoms with Gasteiger partial charge < -0.3 is 18.9 Å². The molecule has 0 unspecified atom stereocenters. The van der Waals surface area contributed by atoms with Gasteiger partial charge in [0.1, 0.15) is 21.3 Å². The normalized spacial score (nSPS) is 11.4. The van der Waals surface area contributed by atoms with E-state index < -0.39 is 77.6 Å². The first-order chi connectivity index (χ1) is 18.0. The number of primary sulfonamides is 2. The summed E-state index contributed by atoms with van der Waals surface area (Å²) in [6.45, 7) is -3.21. The second-order valence-electron chi connectivity index (χ2n) is 6.97. The lowest BCUT2D eigenvalue weighted by Crippen LogP contribution is -2.20. The maximum absolute atomic E-state index is 12.3. The number of nitrogens with two attached hydrogens (primary N) is 2. The number of carbonyl (C=O) groups is 2. The van der Waals surface area contributed by atoms with Gasteiger partial charge in [-0.1, -0.05) is 19.1 Å². The van der Waals surface area contributed by atoms with Gasteiger partial charge in [0.2, 0.25) is 20.0 Å². The highest BCUT2D eigenvalue weighted by molar-refractivity contribution is 7.89. The fourth-order valence-electron chi connectivity index (χ4n) is 2.80. The lowest BCUT2D eigenvalue weighted by Gasteiger charge is -2.12. The van der Waals surface area contributed by atoms with Crippen LogP contribution in [-0.2, 0) is 29.5 Å². The Morgan fingerprint density at radius 3 is 1.44 bits per heavy atom. The standard InChI is InChI=1S/C11H13F2NO5S.C10H11F2NO5S/c1-2-6-18-10(15)7-4-3-5-8(19-11(12)13)9(7)20(14,16)17;1-2-17-9(14)6-4-3-5-7(18-10(11)12)8(6)19(13,15)16/h3-5,11H,2,6H2,1H3,(H2,14,16,17);3-5,10H,2H2,1H3,(H2,13,15,16). The summed E-state index contributed by atoms with van der Waals surface area (Å²) in [4.78, 5) is 21.6. The minimum absolute atomic E-state index is 0.0111. The zero-order valence-corrected chi connectivity index (χ0v) is 21.9. The molecule has 0 aliphatic heterocycles. The number of hydrogen-bond donors (Lipinski definition) is 2. The number of halogens is 4. The molecule has 0 saturated carbocycles. The summed E-state index contributed by atoms with van der Waals surface area (Å²) in [6.07, 6.45) is 0.518. The van der Waals surface area contributed by atoms with Gasteiger partial charge in [-0.05, 0) is 37.6 Å². The highest BCUT2D eigenvalue weighted by Crippen LogP contribution is 2.29. The molecule has 0 spiro atoms. The Balaban J connectivity index is 0.000000391. The predicted molar refractivity (Wildman–Crippen MR) is 125 cm³/mol. The van der Waals surface area contributed by atoms with E-state index in [2.05, 4.69) is 14.2 Å². The van der Waals surface area contributed by atoms with Crippen LogP contribution in [0.3, 0.4) is 0 Å². The first kappa shape index (κ1) is 33.5. The van der Waals surface area contributed by atoms with E-state index in [0.29, 0.717) is 6.42 Å². The van der Waals surface area contributed by atoms with Crippen molar-refractivity contribution in [2.24, 2.45) is 10.3 Å². The lowest BCUT2D eigenvalue weighted by atomic mass is 10.2. The third-order valence-electron chi connectivity index (χ3n) is 4.11. The molecule has 4 N–H and O–H groups in total. The van der Waals surface area contributed by atoms with Crippen LogP contribution in [0, 0.1) is 0 Å². The van der Waals surface area contributed by atoms with Crippen molar-refractivity contribution in [3.63, 3.8) is 0 Å². The molecule has 2 rings (SSSR count). The lowest BCUT2D eigenvalue weighted by molar-refractivity contribution is -0.0525. The third-order valence-corrected chi connectivity index (χ3v) is 6.09. The van der Waals surface area contributed by atoms with Crippen LogP contribution < -0.4 is 19.8 Å². The Hall–Kier alpha value is -3.48. The van der Waals surface area contributed by atoms with Crippen molar-refractivity contribution < 1.29 is 62.9 Å². The molecule has 0 amide bonds. The van der Waals surface area contributed by atoms with Gasteiger partial charge in [-0.25, -0.2) is 36.7 Å². The Kier molecular flexibility index (Phi) is 12.6. The third kappa shape index (κ3) is 10.3. The van der Waals surface area contributed by atoms with Gasteiger partial charge in [-0.2, -0.15) is 17.6 Å². The molecule has 0 aliphatic rings. The summed E-state index contributed by atoms with van der Waals surface area (Å²) in [7, 11) is -8.87. The van der Waals surface area contributed by atoms with E-state index in [1.54, 1.807) is 6.92 Å². The molecule has 218 valence electrons. The van der Waals surface area contributed by atoms with E-state index in [4.69, 9.17) is 15.0 Å². The Bertz CT molecular complexity index is 1370. The molecule has 2 aromatic carbocycles. The Labute approximate surface area is 220 Å². The first-order valence-corrected chi connectivity index (χ1v) is 13.7. The van der Waals surface area contributed by atoms with E-state index in [0.717, 1.165) is 24.3 Å². The molecule has 18 heteroatoms. The Morgan fingerprint density at radius 1 is 0.744 bits per heavy atom. The largest absolute Gasteiger partial charge is 0.462 e. The molecular formula is C21H24F4N2O10S2. The molecule has 0 radical (unpaired) electrons. The smallest absolute Gasteiger partial charge is 0.387 e. The van der Waals surface area contributed by atoms with Crippen LogP contribution in [0.2, 0.25) is 0 Å². The van der Waals surface area contributed by atoms with Gasteiger partial charge >= 0.3 is 25.2 Å². The van der Waals surface area contributed by atoms with Crippen molar-refractivity contribution in [1.82, 2.24) is 0 Å². The molecular weight excluding hydrogens is 580 g/mol. The van der Waals surface area contributed by atoms with Crippen molar-refractivity contribution >= 4 is 32.0 Å². The predicted octanol–water partition coefficient (Wildman–Crippen LogP) is 2.61. The van der Waals surface area contributed by atoms with Crippen LogP contribution >= 0.6 is 0 Å². The minimum Gasteiger partial charge on any atom is -0.462 e. The maximum atomic E-state index is 12.3. The number of esters is 2. The summed E-state index contributed by atoms with van der Waals surface area (Å²) in [5.41, 5.74) is -0.901. The zero-order valence-electron chi connectivity index (χ0n) is 20.3. The van der Waals surface area contributed by atoms with E-state index in [1.165, 1.54) is 19.1 Å². The number of hydrogen-bond acceptors (Lipinski definition) is 10. The molecule has 0 atom stereocenters. The second-order valence-corrected chi connectivity index (χ2v) is 9.97. The van der Waals surface area contributed by atoms with Crippen LogP contribution in [0.25, 0.3) is 0 Å². The van der Waals surface area contributed by atoms with Crippen LogP contribution in [0.15, 0.2) is 46.2 Å². The molecule has 12 nitrogen and oxygen atoms in total. The van der Waals surface area contributed by atoms with Crippen LogP contribution in [0.1, 0.15) is 41.0 Å². The molecule has 39 heavy (non-hydrogen) atoms. The first-order valence-electron chi connectivity index (χ1n) is 10.6. The molecule has 0 aromatic heterocycles. The number of rotatable bonds is 11. The second kappa shape index (κ2) is 14.6. The van der Waals surface area contributed by atoms with Gasteiger partial charge in [0.05, 0.1) is 24.3 Å². The summed E-state index contributed by atoms with van der Waals surface area (Å²) >= 11 is 0. The summed E-state index contributed by atoms with van der Waals surface area (Å²) < 4.78 is 112. The van der Waals surface area contributed by atoms with Crippen LogP contribution in [-0.4, -0.2) is 55.2 Å². The molecule has 0 saturated heterocycles. The average molecular weight is 605 g/mol. The van der Waals surface area contributed by atoms with Gasteiger partial charge in [0.25, 0.3) is 0 Å². The summed E-state index contributed by atoms with van der Waals surface area (Å²) in [5.74, 6) is -3.38. The van der Waals surface area contributed by atoms with Gasteiger partial charge in [-0.3, -0.25) is 0 Å². The van der Waals surface area contributed by atoms with Crippen LogP contribution in [0.4, 0.5) is 17.6 Å². The summed E-state index contributed by atoms with van der Waals surface area (Å²) in [5, 5.41) is 9.85. The van der Waals surface area contributed by atoms with E-state index in [-0.39, 0.29) is 13.2 Å². The van der Waals surface area contributed by atoms with Crippen molar-refractivity contribution in [2.45, 2.75) is 43.3 Å². The number of alkyl halides is 4. The fraction of sp³-hybridized carbons (Fsp3) is 0.333. The molecule has 0 bridgehead atoms. The van der Waals surface area contributed by atoms with E-state index in [9.17, 15) is 44.0 Å². The Morgan fingerprint density at radius 2 is 1.13 bits per heavy atom. The highest BCUT2D eigenvalue weighted by atomic mass is 32.2. The zero-order chi connectivity index (χ0) is 30.0. The molecule has 0 heterocycles. The van der Waals surface area contributed by atoms with Crippen LogP contribution in [0.5, 0.6) is 11.5 Å². The topological polar surface area (TPSA) is 191 Å². The van der Waals surface area contributed by atoms with Gasteiger partial charge in [-0.15, -0.1) is 0 Å². The SMILES string of the molecule is CCCOC(=O)c1cccc(OC(F)F)c1S(N)(=O)=O.CCOC(=O)c1cccc(OC(F)F)c1S(N)(=O)=O. The molecule has 2 aromatic rings. The van der Waals surface area contributed by atoms with E-state index in [1.807, 2.05) is 0 Å². The molecule has 0 fully saturated rings. The summed E-state index contributed by atoms with van der Waals surface area (Å²) in [6, 6.07) is 6.51. The number of sulfonamides is 2. The number of ether oxygens (including phenoxy) is 4. The quantitative estimate of drug-likeness (QED) is 0.285. The van der Waals surface area contributed by atoms with Gasteiger partial charge in [0, 0.05) is 0 Å². The van der Waals surface area contributed by atoms with Crippen molar-refractivity contribution in [1.29, 1.82) is 0 Å². The van der Waals surface area contributed by atoms with Crippen molar-refractivity contribution in [3.8, 4) is 11.5 Å². The van der Waals surface area contributed by atoms with Crippen molar-refractivity contribution in [3.05, 3.63) is 47.5 Å². The minimum atomic E-state index is -4.44. The van der Waals surface area contributed by atoms with Crippen molar-refractivity contribution in [2.75, 3.05) is 13.2 Å². The van der Waals surface area contributed by atoms with E-state index >= 15 is 0 Å². The molecule has 0 aliphatic carbocycles.